The number of benzene rings is 1. The Bertz CT molecular complexity index is 1020. The third-order valence-electron chi connectivity index (χ3n) is 4.45. The predicted octanol–water partition coefficient (Wildman–Crippen LogP) is 2.31. The zero-order chi connectivity index (χ0) is 18.1. The first-order valence-corrected chi connectivity index (χ1v) is 10.1. The van der Waals surface area contributed by atoms with Crippen LogP contribution in [0, 0.1) is 5.82 Å². The molecule has 4 rings (SSSR count). The fourth-order valence-corrected chi connectivity index (χ4v) is 4.17. The largest absolute Gasteiger partial charge is 0.369 e. The van der Waals surface area contributed by atoms with E-state index in [4.69, 9.17) is 0 Å². The molecule has 0 amide bonds. The van der Waals surface area contributed by atoms with Gasteiger partial charge in [0.25, 0.3) is 0 Å². The van der Waals surface area contributed by atoms with Gasteiger partial charge in [-0.05, 0) is 29.8 Å². The van der Waals surface area contributed by atoms with Gasteiger partial charge in [-0.3, -0.25) is 0 Å². The van der Waals surface area contributed by atoms with Crippen molar-refractivity contribution in [2.75, 3.05) is 29.5 Å². The Morgan fingerprint density at radius 3 is 2.42 bits per heavy atom. The molecule has 1 aliphatic rings. The minimum atomic E-state index is -2.89. The van der Waals surface area contributed by atoms with Crippen molar-refractivity contribution >= 4 is 15.5 Å². The van der Waals surface area contributed by atoms with Crippen LogP contribution in [0.25, 0.3) is 16.9 Å². The van der Waals surface area contributed by atoms with Crippen LogP contribution in [0.3, 0.4) is 0 Å². The summed E-state index contributed by atoms with van der Waals surface area (Å²) in [6.45, 7) is 1.02. The van der Waals surface area contributed by atoms with Crippen molar-refractivity contribution in [3.05, 3.63) is 60.8 Å². The molecule has 1 aromatic carbocycles. The van der Waals surface area contributed by atoms with Gasteiger partial charge >= 0.3 is 0 Å². The summed E-state index contributed by atoms with van der Waals surface area (Å²) in [6.07, 6.45) is 4.91. The van der Waals surface area contributed by atoms with E-state index in [0.717, 1.165) is 16.8 Å². The van der Waals surface area contributed by atoms with E-state index in [0.29, 0.717) is 13.1 Å². The molecule has 0 atom stereocenters. The lowest BCUT2D eigenvalue weighted by Crippen LogP contribution is -2.40. The van der Waals surface area contributed by atoms with Crippen molar-refractivity contribution in [3.8, 4) is 16.9 Å². The standard InChI is InChI=1S/C18H17FN4O2S/c19-17-2-1-7-20-18(17)23-13-15(12-21-23)14-3-5-16(6-4-14)22-8-10-26(24,25)11-9-22/h1-7,12-13H,8-11H2. The topological polar surface area (TPSA) is 68.1 Å². The maximum atomic E-state index is 13.8. The number of sulfone groups is 1. The highest BCUT2D eigenvalue weighted by molar-refractivity contribution is 7.91. The number of aromatic nitrogens is 3. The zero-order valence-electron chi connectivity index (χ0n) is 13.9. The summed E-state index contributed by atoms with van der Waals surface area (Å²) in [5.74, 6) is 0.108. The average molecular weight is 372 g/mol. The maximum Gasteiger partial charge on any atom is 0.189 e. The van der Waals surface area contributed by atoms with Gasteiger partial charge in [0.05, 0.1) is 17.7 Å². The van der Waals surface area contributed by atoms with Crippen LogP contribution in [0.4, 0.5) is 10.1 Å². The molecule has 0 bridgehead atoms. The Balaban J connectivity index is 1.54. The van der Waals surface area contributed by atoms with Crippen molar-refractivity contribution in [3.63, 3.8) is 0 Å². The molecular formula is C18H17FN4O2S. The molecule has 26 heavy (non-hydrogen) atoms. The van der Waals surface area contributed by atoms with E-state index in [-0.39, 0.29) is 17.3 Å². The van der Waals surface area contributed by atoms with Crippen LogP contribution in [0.5, 0.6) is 0 Å². The first kappa shape index (κ1) is 16.7. The molecule has 0 radical (unpaired) electrons. The van der Waals surface area contributed by atoms with Crippen LogP contribution < -0.4 is 4.90 Å². The normalized spacial score (nSPS) is 16.6. The van der Waals surface area contributed by atoms with Gasteiger partial charge in [-0.25, -0.2) is 22.5 Å². The summed E-state index contributed by atoms with van der Waals surface area (Å²) in [4.78, 5) is 6.08. The predicted molar refractivity (Wildman–Crippen MR) is 97.6 cm³/mol. The number of rotatable bonds is 3. The first-order valence-electron chi connectivity index (χ1n) is 8.23. The molecule has 1 saturated heterocycles. The van der Waals surface area contributed by atoms with Crippen molar-refractivity contribution in [2.45, 2.75) is 0 Å². The van der Waals surface area contributed by atoms with E-state index in [1.54, 1.807) is 12.4 Å². The molecule has 2 aromatic heterocycles. The molecule has 134 valence electrons. The molecule has 0 unspecified atom stereocenters. The van der Waals surface area contributed by atoms with E-state index in [1.807, 2.05) is 24.3 Å². The number of anilines is 1. The van der Waals surface area contributed by atoms with E-state index >= 15 is 0 Å². The van der Waals surface area contributed by atoms with Crippen molar-refractivity contribution < 1.29 is 12.8 Å². The highest BCUT2D eigenvalue weighted by atomic mass is 32.2. The number of halogens is 1. The van der Waals surface area contributed by atoms with Gasteiger partial charge in [0.15, 0.2) is 21.5 Å². The molecule has 3 heterocycles. The highest BCUT2D eigenvalue weighted by Crippen LogP contribution is 2.24. The summed E-state index contributed by atoms with van der Waals surface area (Å²) in [7, 11) is -2.89. The van der Waals surface area contributed by atoms with E-state index in [1.165, 1.54) is 23.0 Å². The fourth-order valence-electron chi connectivity index (χ4n) is 2.97. The molecule has 3 aromatic rings. The van der Waals surface area contributed by atoms with Gasteiger partial charge in [-0.15, -0.1) is 0 Å². The zero-order valence-corrected chi connectivity index (χ0v) is 14.7. The third kappa shape index (κ3) is 3.32. The number of hydrogen-bond donors (Lipinski definition) is 0. The Morgan fingerprint density at radius 2 is 1.73 bits per heavy atom. The quantitative estimate of drug-likeness (QED) is 0.706. The SMILES string of the molecule is O=S1(=O)CCN(c2ccc(-c3cnn(-c4ncccc4F)c3)cc2)CC1. The maximum absolute atomic E-state index is 13.8. The van der Waals surface area contributed by atoms with Crippen molar-refractivity contribution in [1.29, 1.82) is 0 Å². The minimum absolute atomic E-state index is 0.157. The monoisotopic (exact) mass is 372 g/mol. The molecule has 0 aliphatic carbocycles. The van der Waals surface area contributed by atoms with Crippen LogP contribution in [-0.4, -0.2) is 47.8 Å². The number of pyridine rings is 1. The van der Waals surface area contributed by atoms with Crippen LogP contribution in [-0.2, 0) is 9.84 Å². The second kappa shape index (κ2) is 6.53. The Hall–Kier alpha value is -2.74. The summed E-state index contributed by atoms with van der Waals surface area (Å²) < 4.78 is 38.3. The summed E-state index contributed by atoms with van der Waals surface area (Å²) in [6, 6.07) is 10.7. The summed E-state index contributed by atoms with van der Waals surface area (Å²) >= 11 is 0. The smallest absolute Gasteiger partial charge is 0.189 e. The van der Waals surface area contributed by atoms with Crippen LogP contribution in [0.1, 0.15) is 0 Å². The van der Waals surface area contributed by atoms with Gasteiger partial charge < -0.3 is 4.90 Å². The molecule has 6 nitrogen and oxygen atoms in total. The first-order chi connectivity index (χ1) is 12.5. The van der Waals surface area contributed by atoms with Gasteiger partial charge in [0, 0.05) is 36.7 Å². The van der Waals surface area contributed by atoms with Gasteiger partial charge in [-0.1, -0.05) is 12.1 Å². The Kier molecular flexibility index (Phi) is 4.20. The number of hydrogen-bond acceptors (Lipinski definition) is 5. The van der Waals surface area contributed by atoms with E-state index < -0.39 is 15.7 Å². The van der Waals surface area contributed by atoms with Gasteiger partial charge in [0.1, 0.15) is 0 Å². The molecule has 0 saturated carbocycles. The lowest BCUT2D eigenvalue weighted by molar-refractivity contribution is 0.587. The highest BCUT2D eigenvalue weighted by Gasteiger charge is 2.21. The van der Waals surface area contributed by atoms with Crippen molar-refractivity contribution in [1.82, 2.24) is 14.8 Å². The minimum Gasteiger partial charge on any atom is -0.369 e. The molecule has 0 N–H and O–H groups in total. The molecule has 8 heteroatoms. The average Bonchev–Trinajstić information content (AvgIpc) is 3.12. The molecule has 0 spiro atoms. The van der Waals surface area contributed by atoms with Crippen LogP contribution in [0.15, 0.2) is 55.0 Å². The van der Waals surface area contributed by atoms with E-state index in [2.05, 4.69) is 15.0 Å². The lowest BCUT2D eigenvalue weighted by atomic mass is 10.1. The molecular weight excluding hydrogens is 355 g/mol. The fraction of sp³-hybridized carbons (Fsp3) is 0.222. The van der Waals surface area contributed by atoms with Gasteiger partial charge in [-0.2, -0.15) is 5.10 Å². The molecule has 1 aliphatic heterocycles. The lowest BCUT2D eigenvalue weighted by Gasteiger charge is -2.28. The van der Waals surface area contributed by atoms with E-state index in [9.17, 15) is 12.8 Å². The van der Waals surface area contributed by atoms with Crippen LogP contribution >= 0.6 is 0 Å². The summed E-state index contributed by atoms with van der Waals surface area (Å²) in [5.41, 5.74) is 2.79. The van der Waals surface area contributed by atoms with Gasteiger partial charge in [0.2, 0.25) is 0 Å². The Morgan fingerprint density at radius 1 is 1.00 bits per heavy atom. The number of nitrogens with zero attached hydrogens (tertiary/aromatic N) is 4. The Labute approximate surface area is 150 Å². The van der Waals surface area contributed by atoms with Crippen molar-refractivity contribution in [2.24, 2.45) is 0 Å². The summed E-state index contributed by atoms with van der Waals surface area (Å²) in [5, 5.41) is 4.19. The second-order valence-corrected chi connectivity index (χ2v) is 8.47. The third-order valence-corrected chi connectivity index (χ3v) is 6.06. The van der Waals surface area contributed by atoms with Crippen LogP contribution in [0.2, 0.25) is 0 Å². The molecule has 1 fully saturated rings. The second-order valence-electron chi connectivity index (χ2n) is 6.17.